The third-order valence-electron chi connectivity index (χ3n) is 3.04. The predicted molar refractivity (Wildman–Crippen MR) is 76.4 cm³/mol. The highest BCUT2D eigenvalue weighted by Gasteiger charge is 2.04. The van der Waals surface area contributed by atoms with E-state index in [0.717, 1.165) is 31.4 Å². The lowest BCUT2D eigenvalue weighted by Gasteiger charge is -2.17. The van der Waals surface area contributed by atoms with Gasteiger partial charge in [0.05, 0.1) is 11.9 Å². The van der Waals surface area contributed by atoms with Crippen molar-refractivity contribution in [2.45, 2.75) is 32.2 Å². The van der Waals surface area contributed by atoms with Crippen LogP contribution < -0.4 is 16.2 Å². The molecule has 0 saturated carbocycles. The summed E-state index contributed by atoms with van der Waals surface area (Å²) in [5, 5.41) is 12.8. The quantitative estimate of drug-likeness (QED) is 0.625. The Bertz CT molecular complexity index is 419. The molecule has 0 fully saturated rings. The summed E-state index contributed by atoms with van der Waals surface area (Å²) in [5.41, 5.74) is 6.20. The van der Waals surface area contributed by atoms with Gasteiger partial charge in [-0.3, -0.25) is 4.79 Å². The topological polar surface area (TPSA) is 84.4 Å². The van der Waals surface area contributed by atoms with Crippen LogP contribution in [0.1, 0.15) is 25.7 Å². The SMILES string of the molecule is CN(CCN)c1cnn(CCCCCCO)c(=O)c1. The van der Waals surface area contributed by atoms with Crippen molar-refractivity contribution >= 4 is 5.69 Å². The van der Waals surface area contributed by atoms with E-state index in [-0.39, 0.29) is 12.2 Å². The van der Waals surface area contributed by atoms with E-state index in [1.807, 2.05) is 11.9 Å². The minimum atomic E-state index is -0.0801. The lowest BCUT2D eigenvalue weighted by atomic mass is 10.2. The fourth-order valence-electron chi connectivity index (χ4n) is 1.85. The zero-order valence-electron chi connectivity index (χ0n) is 11.6. The van der Waals surface area contributed by atoms with E-state index in [4.69, 9.17) is 10.8 Å². The van der Waals surface area contributed by atoms with E-state index < -0.39 is 0 Å². The van der Waals surface area contributed by atoms with Crippen LogP contribution in [0.15, 0.2) is 17.1 Å². The molecule has 0 aliphatic carbocycles. The summed E-state index contributed by atoms with van der Waals surface area (Å²) in [7, 11) is 1.89. The summed E-state index contributed by atoms with van der Waals surface area (Å²) in [4.78, 5) is 13.8. The molecule has 1 aromatic rings. The van der Waals surface area contributed by atoms with Crippen molar-refractivity contribution in [3.63, 3.8) is 0 Å². The van der Waals surface area contributed by atoms with Crippen LogP contribution in [0.4, 0.5) is 5.69 Å². The Kier molecular flexibility index (Phi) is 7.14. The number of hydrogen-bond acceptors (Lipinski definition) is 5. The number of rotatable bonds is 9. The molecule has 1 rings (SSSR count). The van der Waals surface area contributed by atoms with Gasteiger partial charge in [-0.05, 0) is 12.8 Å². The number of aliphatic hydroxyl groups is 1. The van der Waals surface area contributed by atoms with E-state index >= 15 is 0 Å². The van der Waals surface area contributed by atoms with Gasteiger partial charge >= 0.3 is 0 Å². The largest absolute Gasteiger partial charge is 0.396 e. The second-order valence-electron chi connectivity index (χ2n) is 4.62. The van der Waals surface area contributed by atoms with Crippen molar-refractivity contribution in [2.24, 2.45) is 5.73 Å². The average Bonchev–Trinajstić information content (AvgIpc) is 2.40. The maximum absolute atomic E-state index is 11.9. The van der Waals surface area contributed by atoms with Gasteiger partial charge in [-0.2, -0.15) is 5.10 Å². The van der Waals surface area contributed by atoms with Crippen LogP contribution >= 0.6 is 0 Å². The van der Waals surface area contributed by atoms with Crippen molar-refractivity contribution < 1.29 is 5.11 Å². The van der Waals surface area contributed by atoms with Gasteiger partial charge in [0.15, 0.2) is 0 Å². The first-order valence-corrected chi connectivity index (χ1v) is 6.78. The number of aromatic nitrogens is 2. The van der Waals surface area contributed by atoms with Crippen LogP contribution in [0.25, 0.3) is 0 Å². The third-order valence-corrected chi connectivity index (χ3v) is 3.04. The highest BCUT2D eigenvalue weighted by Crippen LogP contribution is 2.06. The number of hydrogen-bond donors (Lipinski definition) is 2. The zero-order valence-corrected chi connectivity index (χ0v) is 11.6. The monoisotopic (exact) mass is 268 g/mol. The summed E-state index contributed by atoms with van der Waals surface area (Å²) in [5.74, 6) is 0. The standard InChI is InChI=1S/C13H24N4O2/c1-16(8-6-14)12-10-13(19)17(15-11-12)7-4-2-3-5-9-18/h10-11,18H,2-9,14H2,1H3. The molecule has 19 heavy (non-hydrogen) atoms. The van der Waals surface area contributed by atoms with E-state index in [0.29, 0.717) is 19.6 Å². The smallest absolute Gasteiger partial charge is 0.268 e. The number of aliphatic hydroxyl groups excluding tert-OH is 1. The summed E-state index contributed by atoms with van der Waals surface area (Å²) < 4.78 is 1.48. The lowest BCUT2D eigenvalue weighted by molar-refractivity contribution is 0.282. The van der Waals surface area contributed by atoms with Crippen molar-refractivity contribution in [1.29, 1.82) is 0 Å². The molecule has 0 aromatic carbocycles. The molecular weight excluding hydrogens is 244 g/mol. The maximum atomic E-state index is 11.9. The van der Waals surface area contributed by atoms with Crippen molar-refractivity contribution in [1.82, 2.24) is 9.78 Å². The summed E-state index contributed by atoms with van der Waals surface area (Å²) in [6.07, 6.45) is 5.42. The molecule has 1 heterocycles. The molecule has 0 bridgehead atoms. The number of unbranched alkanes of at least 4 members (excludes halogenated alkanes) is 3. The summed E-state index contributed by atoms with van der Waals surface area (Å²) in [6, 6.07) is 1.59. The molecule has 0 amide bonds. The lowest BCUT2D eigenvalue weighted by Crippen LogP contribution is -2.29. The molecule has 6 heteroatoms. The van der Waals surface area contributed by atoms with Crippen molar-refractivity contribution in [2.75, 3.05) is 31.6 Å². The van der Waals surface area contributed by atoms with E-state index in [2.05, 4.69) is 5.10 Å². The van der Waals surface area contributed by atoms with E-state index in [1.54, 1.807) is 12.3 Å². The second-order valence-corrected chi connectivity index (χ2v) is 4.62. The molecule has 0 radical (unpaired) electrons. The Balaban J connectivity index is 2.50. The molecule has 108 valence electrons. The molecule has 1 aromatic heterocycles. The molecule has 0 atom stereocenters. The second kappa shape index (κ2) is 8.66. The highest BCUT2D eigenvalue weighted by atomic mass is 16.2. The average molecular weight is 268 g/mol. The molecule has 0 aliphatic heterocycles. The summed E-state index contributed by atoms with van der Waals surface area (Å²) >= 11 is 0. The molecule has 0 saturated heterocycles. The van der Waals surface area contributed by atoms with E-state index in [9.17, 15) is 4.79 Å². The predicted octanol–water partition coefficient (Wildman–Crippen LogP) is 0.191. The van der Waals surface area contributed by atoms with Crippen LogP contribution in [0.2, 0.25) is 0 Å². The first kappa shape index (κ1) is 15.7. The third kappa shape index (κ3) is 5.40. The van der Waals surface area contributed by atoms with Crippen molar-refractivity contribution in [3.05, 3.63) is 22.6 Å². The minimum Gasteiger partial charge on any atom is -0.396 e. The van der Waals surface area contributed by atoms with Gasteiger partial charge in [0.25, 0.3) is 5.56 Å². The maximum Gasteiger partial charge on any atom is 0.268 e. The fourth-order valence-corrected chi connectivity index (χ4v) is 1.85. The Morgan fingerprint density at radius 1 is 1.37 bits per heavy atom. The molecule has 0 aliphatic rings. The molecule has 3 N–H and O–H groups in total. The van der Waals surface area contributed by atoms with Gasteiger partial charge < -0.3 is 15.7 Å². The van der Waals surface area contributed by atoms with Crippen LogP contribution in [-0.4, -0.2) is 41.6 Å². The zero-order chi connectivity index (χ0) is 14.1. The Labute approximate surface area is 113 Å². The van der Waals surface area contributed by atoms with Crippen molar-refractivity contribution in [3.8, 4) is 0 Å². The number of nitrogens with two attached hydrogens (primary N) is 1. The molecule has 0 spiro atoms. The Morgan fingerprint density at radius 3 is 2.74 bits per heavy atom. The minimum absolute atomic E-state index is 0.0801. The molecule has 6 nitrogen and oxygen atoms in total. The normalized spacial score (nSPS) is 10.7. The van der Waals surface area contributed by atoms with Gasteiger partial charge in [-0.25, -0.2) is 4.68 Å². The Morgan fingerprint density at radius 2 is 2.11 bits per heavy atom. The van der Waals surface area contributed by atoms with Gasteiger partial charge in [0, 0.05) is 39.4 Å². The number of likely N-dealkylation sites (N-methyl/N-ethyl adjacent to an activating group) is 1. The van der Waals surface area contributed by atoms with Gasteiger partial charge in [-0.1, -0.05) is 12.8 Å². The summed E-state index contributed by atoms with van der Waals surface area (Å²) in [6.45, 7) is 2.11. The highest BCUT2D eigenvalue weighted by molar-refractivity contribution is 5.41. The number of aryl methyl sites for hydroxylation is 1. The first-order valence-electron chi connectivity index (χ1n) is 6.78. The number of anilines is 1. The van der Waals surface area contributed by atoms with Crippen LogP contribution in [0.3, 0.4) is 0 Å². The molecular formula is C13H24N4O2. The van der Waals surface area contributed by atoms with E-state index in [1.165, 1.54) is 4.68 Å². The van der Waals surface area contributed by atoms with Crippen LogP contribution in [-0.2, 0) is 6.54 Å². The molecule has 0 unspecified atom stereocenters. The van der Waals surface area contributed by atoms with Crippen LogP contribution in [0.5, 0.6) is 0 Å². The number of nitrogens with zero attached hydrogens (tertiary/aromatic N) is 3. The van der Waals surface area contributed by atoms with Crippen LogP contribution in [0, 0.1) is 0 Å². The first-order chi connectivity index (χ1) is 9.19. The van der Waals surface area contributed by atoms with Gasteiger partial charge in [0.1, 0.15) is 0 Å². The van der Waals surface area contributed by atoms with Gasteiger partial charge in [0.2, 0.25) is 0 Å². The Hall–Kier alpha value is -1.40. The van der Waals surface area contributed by atoms with Gasteiger partial charge in [-0.15, -0.1) is 0 Å². The fraction of sp³-hybridized carbons (Fsp3) is 0.692.